The molecular weight excluding hydrogens is 162 g/mol. The third-order valence-corrected chi connectivity index (χ3v) is 2.08. The monoisotopic (exact) mass is 177 g/mol. The van der Waals surface area contributed by atoms with Crippen LogP contribution in [0.15, 0.2) is 30.3 Å². The van der Waals surface area contributed by atoms with Crippen LogP contribution < -0.4 is 5.32 Å². The Balaban J connectivity index is 2.55. The fourth-order valence-electron chi connectivity index (χ4n) is 1.31. The average molecular weight is 177 g/mol. The Morgan fingerprint density at radius 3 is 2.54 bits per heavy atom. The number of rotatable bonds is 3. The van der Waals surface area contributed by atoms with Crippen molar-refractivity contribution < 1.29 is 4.79 Å². The van der Waals surface area contributed by atoms with E-state index in [2.05, 4.69) is 5.32 Å². The van der Waals surface area contributed by atoms with Gasteiger partial charge in [-0.15, -0.1) is 0 Å². The Morgan fingerprint density at radius 1 is 1.38 bits per heavy atom. The molecule has 2 nitrogen and oxygen atoms in total. The number of amides is 1. The maximum atomic E-state index is 11.2. The number of hydrogen-bond donors (Lipinski definition) is 1. The highest BCUT2D eigenvalue weighted by molar-refractivity contribution is 5.78. The molecule has 70 valence electrons. The topological polar surface area (TPSA) is 29.1 Å². The van der Waals surface area contributed by atoms with Crippen LogP contribution in [0.5, 0.6) is 0 Å². The Morgan fingerprint density at radius 2 is 2.00 bits per heavy atom. The molecule has 1 amide bonds. The van der Waals surface area contributed by atoms with E-state index in [9.17, 15) is 4.79 Å². The van der Waals surface area contributed by atoms with Gasteiger partial charge >= 0.3 is 0 Å². The van der Waals surface area contributed by atoms with Crippen molar-refractivity contribution >= 4 is 5.91 Å². The molecule has 0 heterocycles. The molecule has 0 aliphatic heterocycles. The summed E-state index contributed by atoms with van der Waals surface area (Å²) >= 11 is 0. The minimum atomic E-state index is 0.0485. The van der Waals surface area contributed by atoms with Crippen LogP contribution in [0.25, 0.3) is 0 Å². The summed E-state index contributed by atoms with van der Waals surface area (Å²) in [6, 6.07) is 10.0. The van der Waals surface area contributed by atoms with Crippen molar-refractivity contribution in [2.45, 2.75) is 13.3 Å². The van der Waals surface area contributed by atoms with Crippen LogP contribution in [-0.2, 0) is 11.2 Å². The van der Waals surface area contributed by atoms with Crippen molar-refractivity contribution in [3.63, 3.8) is 0 Å². The summed E-state index contributed by atoms with van der Waals surface area (Å²) in [6.07, 6.45) is 0.806. The molecule has 0 bridgehead atoms. The Kier molecular flexibility index (Phi) is 3.50. The van der Waals surface area contributed by atoms with E-state index in [-0.39, 0.29) is 11.8 Å². The highest BCUT2D eigenvalue weighted by Gasteiger charge is 2.10. The van der Waals surface area contributed by atoms with Gasteiger partial charge in [-0.05, 0) is 12.0 Å². The molecule has 13 heavy (non-hydrogen) atoms. The first-order valence-electron chi connectivity index (χ1n) is 4.49. The normalized spacial score (nSPS) is 12.2. The zero-order chi connectivity index (χ0) is 9.68. The first-order chi connectivity index (χ1) is 6.24. The molecule has 0 unspecified atom stereocenters. The summed E-state index contributed by atoms with van der Waals surface area (Å²) in [4.78, 5) is 11.2. The van der Waals surface area contributed by atoms with E-state index < -0.39 is 0 Å². The summed E-state index contributed by atoms with van der Waals surface area (Å²) in [5.41, 5.74) is 1.21. The van der Waals surface area contributed by atoms with Crippen LogP contribution in [0.3, 0.4) is 0 Å². The van der Waals surface area contributed by atoms with Crippen molar-refractivity contribution in [1.29, 1.82) is 0 Å². The minimum absolute atomic E-state index is 0.0485. The number of hydrogen-bond acceptors (Lipinski definition) is 1. The van der Waals surface area contributed by atoms with Gasteiger partial charge < -0.3 is 5.32 Å². The predicted octanol–water partition coefficient (Wildman–Crippen LogP) is 1.61. The van der Waals surface area contributed by atoms with Gasteiger partial charge in [0.2, 0.25) is 5.91 Å². The molecule has 1 atom stereocenters. The fraction of sp³-hybridized carbons (Fsp3) is 0.364. The second-order valence-electron chi connectivity index (χ2n) is 3.21. The van der Waals surface area contributed by atoms with Gasteiger partial charge in [0.05, 0.1) is 0 Å². The minimum Gasteiger partial charge on any atom is -0.359 e. The molecule has 1 N–H and O–H groups in total. The van der Waals surface area contributed by atoms with Crippen LogP contribution in [0.1, 0.15) is 12.5 Å². The molecule has 0 aliphatic carbocycles. The predicted molar refractivity (Wildman–Crippen MR) is 53.4 cm³/mol. The van der Waals surface area contributed by atoms with E-state index in [1.54, 1.807) is 7.05 Å². The molecule has 0 aliphatic rings. The molecule has 0 saturated heterocycles. The first-order valence-corrected chi connectivity index (χ1v) is 4.49. The first kappa shape index (κ1) is 9.78. The lowest BCUT2D eigenvalue weighted by atomic mass is 10.0. The highest BCUT2D eigenvalue weighted by Crippen LogP contribution is 2.07. The zero-order valence-electron chi connectivity index (χ0n) is 8.08. The molecule has 0 saturated carbocycles. The highest BCUT2D eigenvalue weighted by atomic mass is 16.1. The second kappa shape index (κ2) is 4.65. The van der Waals surface area contributed by atoms with Crippen LogP contribution in [0, 0.1) is 5.92 Å². The van der Waals surface area contributed by atoms with Gasteiger partial charge in [0.15, 0.2) is 0 Å². The standard InChI is InChI=1S/C11H15NO/c1-9(11(13)12-2)8-10-6-4-3-5-7-10/h3-7,9H,8H2,1-2H3,(H,12,13)/t9-/m0/s1. The van der Waals surface area contributed by atoms with E-state index in [0.29, 0.717) is 0 Å². The van der Waals surface area contributed by atoms with E-state index in [1.165, 1.54) is 5.56 Å². The maximum Gasteiger partial charge on any atom is 0.222 e. The number of benzene rings is 1. The van der Waals surface area contributed by atoms with E-state index in [0.717, 1.165) is 6.42 Å². The third kappa shape index (κ3) is 2.90. The molecule has 0 fully saturated rings. The van der Waals surface area contributed by atoms with Crippen molar-refractivity contribution in [3.05, 3.63) is 35.9 Å². The third-order valence-electron chi connectivity index (χ3n) is 2.08. The molecule has 0 spiro atoms. The van der Waals surface area contributed by atoms with Crippen LogP contribution in [0.4, 0.5) is 0 Å². The van der Waals surface area contributed by atoms with Gasteiger partial charge in [0.25, 0.3) is 0 Å². The molecule has 1 rings (SSSR count). The van der Waals surface area contributed by atoms with Crippen molar-refractivity contribution in [1.82, 2.24) is 5.32 Å². The lowest BCUT2D eigenvalue weighted by Crippen LogP contribution is -2.26. The van der Waals surface area contributed by atoms with Gasteiger partial charge in [-0.25, -0.2) is 0 Å². The number of carbonyl (C=O) groups is 1. The summed E-state index contributed by atoms with van der Waals surface area (Å²) in [6.45, 7) is 1.94. The Labute approximate surface area is 79.0 Å². The van der Waals surface area contributed by atoms with Crippen molar-refractivity contribution in [2.24, 2.45) is 5.92 Å². The van der Waals surface area contributed by atoms with Crippen molar-refractivity contribution in [2.75, 3.05) is 7.05 Å². The smallest absolute Gasteiger partial charge is 0.222 e. The van der Waals surface area contributed by atoms with E-state index in [4.69, 9.17) is 0 Å². The van der Waals surface area contributed by atoms with Crippen LogP contribution in [-0.4, -0.2) is 13.0 Å². The quantitative estimate of drug-likeness (QED) is 0.746. The summed E-state index contributed by atoms with van der Waals surface area (Å²) in [5, 5.41) is 2.65. The van der Waals surface area contributed by atoms with E-state index in [1.807, 2.05) is 37.3 Å². The Hall–Kier alpha value is -1.31. The molecule has 0 radical (unpaired) electrons. The zero-order valence-corrected chi connectivity index (χ0v) is 8.08. The van der Waals surface area contributed by atoms with Gasteiger partial charge in [-0.1, -0.05) is 37.3 Å². The SMILES string of the molecule is CNC(=O)[C@@H](C)Cc1ccccc1. The summed E-state index contributed by atoms with van der Waals surface area (Å²) < 4.78 is 0. The average Bonchev–Trinajstić information content (AvgIpc) is 2.18. The second-order valence-corrected chi connectivity index (χ2v) is 3.21. The van der Waals surface area contributed by atoms with Gasteiger partial charge in [-0.2, -0.15) is 0 Å². The molecule has 1 aromatic carbocycles. The molecule has 2 heteroatoms. The molecule has 1 aromatic rings. The van der Waals surface area contributed by atoms with Gasteiger partial charge in [-0.3, -0.25) is 4.79 Å². The fourth-order valence-corrected chi connectivity index (χ4v) is 1.31. The van der Waals surface area contributed by atoms with Gasteiger partial charge in [0, 0.05) is 13.0 Å². The van der Waals surface area contributed by atoms with E-state index >= 15 is 0 Å². The Bertz CT molecular complexity index is 269. The summed E-state index contributed by atoms with van der Waals surface area (Å²) in [5.74, 6) is 0.149. The molecular formula is C11H15NO. The van der Waals surface area contributed by atoms with Crippen molar-refractivity contribution in [3.8, 4) is 0 Å². The lowest BCUT2D eigenvalue weighted by molar-refractivity contribution is -0.123. The van der Waals surface area contributed by atoms with Gasteiger partial charge in [0.1, 0.15) is 0 Å². The largest absolute Gasteiger partial charge is 0.359 e. The van der Waals surface area contributed by atoms with Crippen LogP contribution >= 0.6 is 0 Å². The lowest BCUT2D eigenvalue weighted by Gasteiger charge is -2.09. The summed E-state index contributed by atoms with van der Waals surface area (Å²) in [7, 11) is 1.67. The molecule has 0 aromatic heterocycles. The maximum absolute atomic E-state index is 11.2. The number of carbonyl (C=O) groups excluding carboxylic acids is 1. The number of nitrogens with one attached hydrogen (secondary N) is 1. The van der Waals surface area contributed by atoms with Crippen LogP contribution in [0.2, 0.25) is 0 Å².